The summed E-state index contributed by atoms with van der Waals surface area (Å²) in [6.45, 7) is 1.14. The summed E-state index contributed by atoms with van der Waals surface area (Å²) >= 11 is 0. The van der Waals surface area contributed by atoms with E-state index in [0.29, 0.717) is 5.56 Å². The van der Waals surface area contributed by atoms with Crippen molar-refractivity contribution in [2.24, 2.45) is 0 Å². The first kappa shape index (κ1) is 15.4. The SMILES string of the molecule is Cc1c([C@]2(O)O[C@H](CO)[C@H](O)[C@H](O)[C@H]2O)[nH]c2ccccc12. The third-order valence-electron chi connectivity index (χ3n) is 4.29. The third kappa shape index (κ3) is 2.06. The van der Waals surface area contributed by atoms with Gasteiger partial charge in [-0.05, 0) is 18.6 Å². The Labute approximate surface area is 126 Å². The van der Waals surface area contributed by atoms with Crippen LogP contribution in [0.15, 0.2) is 24.3 Å². The number of para-hydroxylation sites is 1. The lowest BCUT2D eigenvalue weighted by Gasteiger charge is -2.45. The van der Waals surface area contributed by atoms with E-state index in [1.165, 1.54) is 0 Å². The molecule has 22 heavy (non-hydrogen) atoms. The highest BCUT2D eigenvalue weighted by Gasteiger charge is 2.55. The molecule has 0 bridgehead atoms. The standard InChI is InChI=1S/C15H19NO6/c1-7-8-4-2-3-5-9(8)16-13(7)15(21)14(20)12(19)11(18)10(6-17)22-15/h2-5,10-12,14,16-21H,6H2,1H3/t10-,11+,12+,14-,15+/m1/s1. The number of hydrogen-bond acceptors (Lipinski definition) is 6. The summed E-state index contributed by atoms with van der Waals surface area (Å²) in [6.07, 6.45) is -6.13. The highest BCUT2D eigenvalue weighted by atomic mass is 16.7. The van der Waals surface area contributed by atoms with Crippen molar-refractivity contribution in [1.29, 1.82) is 0 Å². The number of hydrogen-bond donors (Lipinski definition) is 6. The van der Waals surface area contributed by atoms with Gasteiger partial charge in [-0.3, -0.25) is 0 Å². The summed E-state index contributed by atoms with van der Waals surface area (Å²) in [5.41, 5.74) is 1.57. The lowest BCUT2D eigenvalue weighted by Crippen LogP contribution is -2.63. The van der Waals surface area contributed by atoms with Gasteiger partial charge in [-0.2, -0.15) is 0 Å². The Kier molecular flexibility index (Phi) is 3.72. The molecule has 0 unspecified atom stereocenters. The lowest BCUT2D eigenvalue weighted by molar-refractivity contribution is -0.359. The van der Waals surface area contributed by atoms with Gasteiger partial charge in [0.15, 0.2) is 0 Å². The summed E-state index contributed by atoms with van der Waals surface area (Å²) in [5, 5.41) is 50.8. The lowest BCUT2D eigenvalue weighted by atomic mass is 9.89. The van der Waals surface area contributed by atoms with Crippen LogP contribution >= 0.6 is 0 Å². The van der Waals surface area contributed by atoms with E-state index in [2.05, 4.69) is 4.98 Å². The summed E-state index contributed by atoms with van der Waals surface area (Å²) in [6, 6.07) is 7.31. The highest BCUT2D eigenvalue weighted by Crippen LogP contribution is 2.39. The molecule has 0 amide bonds. The van der Waals surface area contributed by atoms with E-state index in [4.69, 9.17) is 4.74 Å². The fourth-order valence-electron chi connectivity index (χ4n) is 3.00. The van der Waals surface area contributed by atoms with Gasteiger partial charge in [-0.15, -0.1) is 0 Å². The van der Waals surface area contributed by atoms with Crippen LogP contribution < -0.4 is 0 Å². The van der Waals surface area contributed by atoms with Gasteiger partial charge >= 0.3 is 0 Å². The van der Waals surface area contributed by atoms with Gasteiger partial charge in [-0.1, -0.05) is 18.2 Å². The van der Waals surface area contributed by atoms with E-state index < -0.39 is 36.8 Å². The molecule has 1 fully saturated rings. The maximum atomic E-state index is 10.8. The zero-order valence-corrected chi connectivity index (χ0v) is 12.0. The zero-order valence-electron chi connectivity index (χ0n) is 12.0. The molecule has 7 heteroatoms. The number of nitrogens with one attached hydrogen (secondary N) is 1. The smallest absolute Gasteiger partial charge is 0.238 e. The Hall–Kier alpha value is -1.48. The van der Waals surface area contributed by atoms with Crippen molar-refractivity contribution in [3.05, 3.63) is 35.5 Å². The number of ether oxygens (including phenoxy) is 1. The van der Waals surface area contributed by atoms with Gasteiger partial charge in [0.2, 0.25) is 5.79 Å². The number of aliphatic hydroxyl groups excluding tert-OH is 4. The third-order valence-corrected chi connectivity index (χ3v) is 4.29. The molecule has 2 aromatic rings. The number of benzene rings is 1. The van der Waals surface area contributed by atoms with Crippen LogP contribution in [0.5, 0.6) is 0 Å². The predicted octanol–water partition coefficient (Wildman–Crippen LogP) is -0.905. The number of aryl methyl sites for hydroxylation is 1. The Bertz CT molecular complexity index is 684. The fraction of sp³-hybridized carbons (Fsp3) is 0.467. The fourth-order valence-corrected chi connectivity index (χ4v) is 3.00. The molecule has 0 aliphatic carbocycles. The summed E-state index contributed by atoms with van der Waals surface area (Å²) in [7, 11) is 0. The van der Waals surface area contributed by atoms with Crippen LogP contribution in [-0.2, 0) is 10.5 Å². The largest absolute Gasteiger partial charge is 0.394 e. The van der Waals surface area contributed by atoms with Gasteiger partial charge in [0.25, 0.3) is 0 Å². The highest BCUT2D eigenvalue weighted by molar-refractivity contribution is 5.84. The van der Waals surface area contributed by atoms with Crippen LogP contribution in [0.1, 0.15) is 11.3 Å². The van der Waals surface area contributed by atoms with Crippen LogP contribution in [0.2, 0.25) is 0 Å². The minimum Gasteiger partial charge on any atom is -0.394 e. The number of aromatic amines is 1. The monoisotopic (exact) mass is 309 g/mol. The van der Waals surface area contributed by atoms with Crippen molar-refractivity contribution in [3.63, 3.8) is 0 Å². The number of fused-ring (bicyclic) bond motifs is 1. The molecule has 0 radical (unpaired) electrons. The molecule has 5 atom stereocenters. The first-order valence-electron chi connectivity index (χ1n) is 7.03. The van der Waals surface area contributed by atoms with Gasteiger partial charge < -0.3 is 35.3 Å². The molecule has 6 N–H and O–H groups in total. The molecule has 7 nitrogen and oxygen atoms in total. The van der Waals surface area contributed by atoms with Gasteiger partial charge in [-0.25, -0.2) is 0 Å². The van der Waals surface area contributed by atoms with Crippen molar-refractivity contribution < 1.29 is 30.3 Å². The second kappa shape index (κ2) is 5.31. The zero-order chi connectivity index (χ0) is 16.1. The van der Waals surface area contributed by atoms with Crippen molar-refractivity contribution in [1.82, 2.24) is 4.98 Å². The molecule has 1 aliphatic heterocycles. The van der Waals surface area contributed by atoms with Gasteiger partial charge in [0, 0.05) is 10.9 Å². The molecular formula is C15H19NO6. The maximum absolute atomic E-state index is 10.8. The van der Waals surface area contributed by atoms with Crippen molar-refractivity contribution >= 4 is 10.9 Å². The molecule has 1 aromatic heterocycles. The normalized spacial score (nSPS) is 35.9. The molecule has 0 spiro atoms. The molecule has 1 aromatic carbocycles. The van der Waals surface area contributed by atoms with E-state index in [1.54, 1.807) is 13.0 Å². The van der Waals surface area contributed by atoms with Crippen molar-refractivity contribution in [2.45, 2.75) is 37.1 Å². The predicted molar refractivity (Wildman–Crippen MR) is 76.9 cm³/mol. The number of H-pyrrole nitrogens is 1. The second-order valence-electron chi connectivity index (χ2n) is 5.63. The Morgan fingerprint density at radius 3 is 2.50 bits per heavy atom. The maximum Gasteiger partial charge on any atom is 0.238 e. The number of aromatic nitrogens is 1. The topological polar surface area (TPSA) is 126 Å². The number of rotatable bonds is 2. The summed E-state index contributed by atoms with van der Waals surface area (Å²) < 4.78 is 5.33. The first-order chi connectivity index (χ1) is 10.4. The minimum absolute atomic E-state index is 0.186. The minimum atomic E-state index is -2.25. The van der Waals surface area contributed by atoms with E-state index in [-0.39, 0.29) is 5.69 Å². The van der Waals surface area contributed by atoms with Crippen LogP contribution in [0.4, 0.5) is 0 Å². The molecular weight excluding hydrogens is 290 g/mol. The van der Waals surface area contributed by atoms with Crippen LogP contribution in [0.3, 0.4) is 0 Å². The van der Waals surface area contributed by atoms with Crippen LogP contribution in [0, 0.1) is 6.92 Å². The Morgan fingerprint density at radius 1 is 1.18 bits per heavy atom. The number of aliphatic hydroxyl groups is 5. The van der Waals surface area contributed by atoms with E-state index >= 15 is 0 Å². The van der Waals surface area contributed by atoms with Crippen LogP contribution in [-0.4, -0.2) is 61.5 Å². The van der Waals surface area contributed by atoms with E-state index in [0.717, 1.165) is 10.9 Å². The van der Waals surface area contributed by atoms with Crippen LogP contribution in [0.25, 0.3) is 10.9 Å². The van der Waals surface area contributed by atoms with Crippen molar-refractivity contribution in [3.8, 4) is 0 Å². The average molecular weight is 309 g/mol. The Morgan fingerprint density at radius 2 is 1.86 bits per heavy atom. The Balaban J connectivity index is 2.12. The van der Waals surface area contributed by atoms with E-state index in [9.17, 15) is 25.5 Å². The summed E-state index contributed by atoms with van der Waals surface area (Å²) in [5.74, 6) is -2.25. The molecule has 120 valence electrons. The quantitative estimate of drug-likeness (QED) is 0.427. The molecule has 1 aliphatic rings. The second-order valence-corrected chi connectivity index (χ2v) is 5.63. The first-order valence-corrected chi connectivity index (χ1v) is 7.03. The molecule has 1 saturated heterocycles. The van der Waals surface area contributed by atoms with E-state index in [1.807, 2.05) is 18.2 Å². The molecule has 2 heterocycles. The summed E-state index contributed by atoms with van der Waals surface area (Å²) in [4.78, 5) is 2.98. The molecule has 3 rings (SSSR count). The van der Waals surface area contributed by atoms with Gasteiger partial charge in [0.05, 0.1) is 12.3 Å². The van der Waals surface area contributed by atoms with Crippen molar-refractivity contribution in [2.75, 3.05) is 6.61 Å². The molecule has 0 saturated carbocycles. The van der Waals surface area contributed by atoms with Gasteiger partial charge in [0.1, 0.15) is 24.4 Å². The average Bonchev–Trinajstić information content (AvgIpc) is 2.87.